The van der Waals surface area contributed by atoms with Gasteiger partial charge in [0.2, 0.25) is 0 Å². The molecule has 23 heavy (non-hydrogen) atoms. The van der Waals surface area contributed by atoms with Gasteiger partial charge in [-0.2, -0.15) is 0 Å². The minimum atomic E-state index is -3.35. The summed E-state index contributed by atoms with van der Waals surface area (Å²) < 4.78 is 29.6. The Labute approximate surface area is 135 Å². The first-order valence-electron chi connectivity index (χ1n) is 7.26. The summed E-state index contributed by atoms with van der Waals surface area (Å²) in [6.45, 7) is 0.608. The van der Waals surface area contributed by atoms with Gasteiger partial charge in [0.25, 0.3) is 0 Å². The zero-order chi connectivity index (χ0) is 16.4. The highest BCUT2D eigenvalue weighted by atomic mass is 32.2. The summed E-state index contributed by atoms with van der Waals surface area (Å²) in [6, 6.07) is 14.0. The highest BCUT2D eigenvalue weighted by Crippen LogP contribution is 2.30. The van der Waals surface area contributed by atoms with Crippen molar-refractivity contribution in [1.29, 1.82) is 0 Å². The molecule has 0 radical (unpaired) electrons. The van der Waals surface area contributed by atoms with Crippen LogP contribution in [0.5, 0.6) is 0 Å². The topological polar surface area (TPSA) is 63.7 Å². The molecular formula is C17H17NO4S. The third-order valence-corrected chi connectivity index (χ3v) is 5.57. The summed E-state index contributed by atoms with van der Waals surface area (Å²) in [5, 5.41) is 0. The van der Waals surface area contributed by atoms with E-state index in [9.17, 15) is 13.2 Å². The molecule has 0 aliphatic carbocycles. The molecule has 2 aromatic rings. The lowest BCUT2D eigenvalue weighted by atomic mass is 10.2. The summed E-state index contributed by atoms with van der Waals surface area (Å²) in [4.78, 5) is 14.2. The van der Waals surface area contributed by atoms with E-state index in [1.165, 1.54) is 6.07 Å². The lowest BCUT2D eigenvalue weighted by Crippen LogP contribution is -2.32. The molecule has 0 bridgehead atoms. The average molecular weight is 331 g/mol. The second kappa shape index (κ2) is 6.04. The molecule has 0 spiro atoms. The summed E-state index contributed by atoms with van der Waals surface area (Å²) in [7, 11) is -1.51. The Balaban J connectivity index is 1.82. The van der Waals surface area contributed by atoms with Crippen molar-refractivity contribution in [3.05, 3.63) is 59.7 Å². The molecule has 0 amide bonds. The minimum Gasteiger partial charge on any atom is -0.457 e. The van der Waals surface area contributed by atoms with Gasteiger partial charge in [0.15, 0.2) is 9.84 Å². The maximum atomic E-state index is 12.2. The predicted molar refractivity (Wildman–Crippen MR) is 87.3 cm³/mol. The first-order chi connectivity index (χ1) is 11.0. The summed E-state index contributed by atoms with van der Waals surface area (Å²) in [5.74, 6) is -0.473. The van der Waals surface area contributed by atoms with Crippen molar-refractivity contribution < 1.29 is 17.9 Å². The number of esters is 1. The van der Waals surface area contributed by atoms with Gasteiger partial charge in [-0.05, 0) is 23.8 Å². The average Bonchev–Trinajstić information content (AvgIpc) is 2.57. The van der Waals surface area contributed by atoms with Gasteiger partial charge in [0.05, 0.1) is 21.9 Å². The molecule has 0 fully saturated rings. The summed E-state index contributed by atoms with van der Waals surface area (Å²) >= 11 is 0. The van der Waals surface area contributed by atoms with Crippen LogP contribution in [0.3, 0.4) is 0 Å². The molecule has 1 aliphatic heterocycles. The zero-order valence-corrected chi connectivity index (χ0v) is 13.5. The van der Waals surface area contributed by atoms with E-state index in [-0.39, 0.29) is 22.8 Å². The second-order valence-electron chi connectivity index (χ2n) is 5.48. The standard InChI is InChI=1S/C17H17NO4S/c1-18-9-10-23(20,21)16-11-14(7-8-15(16)18)17(19)22-12-13-5-3-2-4-6-13/h2-8,11H,9-10,12H2,1H3. The maximum Gasteiger partial charge on any atom is 0.338 e. The Hall–Kier alpha value is -2.34. The van der Waals surface area contributed by atoms with Gasteiger partial charge in [-0.15, -0.1) is 0 Å². The van der Waals surface area contributed by atoms with Gasteiger partial charge in [-0.25, -0.2) is 13.2 Å². The van der Waals surface area contributed by atoms with E-state index in [1.54, 1.807) is 12.1 Å². The number of nitrogens with zero attached hydrogens (tertiary/aromatic N) is 1. The number of carbonyl (C=O) groups excluding carboxylic acids is 1. The van der Waals surface area contributed by atoms with Crippen LogP contribution in [0.2, 0.25) is 0 Å². The van der Waals surface area contributed by atoms with Gasteiger partial charge in [0, 0.05) is 13.6 Å². The Morgan fingerprint density at radius 3 is 2.65 bits per heavy atom. The first kappa shape index (κ1) is 15.6. The van der Waals surface area contributed by atoms with Crippen LogP contribution in [-0.2, 0) is 21.2 Å². The van der Waals surface area contributed by atoms with Gasteiger partial charge in [0.1, 0.15) is 6.61 Å². The summed E-state index contributed by atoms with van der Waals surface area (Å²) in [5.41, 5.74) is 1.75. The van der Waals surface area contributed by atoms with Crippen LogP contribution in [0.25, 0.3) is 0 Å². The highest BCUT2D eigenvalue weighted by molar-refractivity contribution is 7.91. The number of hydrogen-bond acceptors (Lipinski definition) is 5. The highest BCUT2D eigenvalue weighted by Gasteiger charge is 2.27. The number of hydrogen-bond donors (Lipinski definition) is 0. The fraction of sp³-hybridized carbons (Fsp3) is 0.235. The number of benzene rings is 2. The molecule has 0 unspecified atom stereocenters. The van der Waals surface area contributed by atoms with Gasteiger partial charge < -0.3 is 9.64 Å². The van der Waals surface area contributed by atoms with E-state index in [4.69, 9.17) is 4.74 Å². The number of carbonyl (C=O) groups is 1. The van der Waals surface area contributed by atoms with Gasteiger partial charge >= 0.3 is 5.97 Å². The normalized spacial score (nSPS) is 15.8. The molecule has 1 heterocycles. The first-order valence-corrected chi connectivity index (χ1v) is 8.91. The molecule has 0 saturated heterocycles. The van der Waals surface area contributed by atoms with E-state index in [1.807, 2.05) is 42.3 Å². The maximum absolute atomic E-state index is 12.2. The van der Waals surface area contributed by atoms with E-state index in [0.717, 1.165) is 5.56 Å². The Morgan fingerprint density at radius 2 is 1.91 bits per heavy atom. The van der Waals surface area contributed by atoms with E-state index >= 15 is 0 Å². The molecule has 0 atom stereocenters. The van der Waals surface area contributed by atoms with Gasteiger partial charge in [-0.3, -0.25) is 0 Å². The van der Waals surface area contributed by atoms with Crippen molar-refractivity contribution in [1.82, 2.24) is 0 Å². The Bertz CT molecular complexity index is 831. The SMILES string of the molecule is CN1CCS(=O)(=O)c2cc(C(=O)OCc3ccccc3)ccc21. The fourth-order valence-corrected chi connectivity index (χ4v) is 4.08. The number of anilines is 1. The molecule has 3 rings (SSSR count). The smallest absolute Gasteiger partial charge is 0.338 e. The van der Waals surface area contributed by atoms with Crippen molar-refractivity contribution in [2.45, 2.75) is 11.5 Å². The molecule has 2 aromatic carbocycles. The molecule has 0 N–H and O–H groups in total. The molecule has 120 valence electrons. The minimum absolute atomic E-state index is 0.0546. The molecule has 0 aromatic heterocycles. The molecular weight excluding hydrogens is 314 g/mol. The molecule has 5 nitrogen and oxygen atoms in total. The van der Waals surface area contributed by atoms with E-state index < -0.39 is 15.8 Å². The summed E-state index contributed by atoms with van der Waals surface area (Å²) in [6.07, 6.45) is 0. The van der Waals surface area contributed by atoms with Crippen LogP contribution in [-0.4, -0.2) is 33.7 Å². The van der Waals surface area contributed by atoms with Crippen LogP contribution in [0.15, 0.2) is 53.4 Å². The van der Waals surface area contributed by atoms with E-state index in [2.05, 4.69) is 0 Å². The number of fused-ring (bicyclic) bond motifs is 1. The third-order valence-electron chi connectivity index (χ3n) is 3.85. The molecule has 0 saturated carbocycles. The van der Waals surface area contributed by atoms with Crippen molar-refractivity contribution in [3.8, 4) is 0 Å². The largest absolute Gasteiger partial charge is 0.457 e. The van der Waals surface area contributed by atoms with Crippen LogP contribution in [0.1, 0.15) is 15.9 Å². The second-order valence-corrected chi connectivity index (χ2v) is 7.56. The number of sulfone groups is 1. The lowest BCUT2D eigenvalue weighted by molar-refractivity contribution is 0.0472. The van der Waals surface area contributed by atoms with Gasteiger partial charge in [-0.1, -0.05) is 30.3 Å². The van der Waals surface area contributed by atoms with Crippen molar-refractivity contribution in [2.75, 3.05) is 24.2 Å². The number of rotatable bonds is 3. The Kier molecular flexibility index (Phi) is 4.09. The fourth-order valence-electron chi connectivity index (χ4n) is 2.50. The van der Waals surface area contributed by atoms with Crippen molar-refractivity contribution in [2.24, 2.45) is 0 Å². The number of ether oxygens (including phenoxy) is 1. The molecule has 6 heteroatoms. The predicted octanol–water partition coefficient (Wildman–Crippen LogP) is 2.27. The lowest BCUT2D eigenvalue weighted by Gasteiger charge is -2.27. The van der Waals surface area contributed by atoms with Crippen molar-refractivity contribution >= 4 is 21.5 Å². The monoisotopic (exact) mass is 331 g/mol. The van der Waals surface area contributed by atoms with E-state index in [0.29, 0.717) is 12.2 Å². The third kappa shape index (κ3) is 3.22. The van der Waals surface area contributed by atoms with Crippen LogP contribution < -0.4 is 4.90 Å². The quantitative estimate of drug-likeness (QED) is 0.807. The molecule has 1 aliphatic rings. The Morgan fingerprint density at radius 1 is 1.17 bits per heavy atom. The van der Waals surface area contributed by atoms with Crippen LogP contribution in [0, 0.1) is 0 Å². The zero-order valence-electron chi connectivity index (χ0n) is 12.7. The van der Waals surface area contributed by atoms with Crippen molar-refractivity contribution in [3.63, 3.8) is 0 Å². The van der Waals surface area contributed by atoms with Crippen LogP contribution >= 0.6 is 0 Å². The van der Waals surface area contributed by atoms with Crippen LogP contribution in [0.4, 0.5) is 5.69 Å².